The number of fused-ring (bicyclic) bond motifs is 1. The number of halogens is 2. The fourth-order valence-corrected chi connectivity index (χ4v) is 3.50. The Morgan fingerprint density at radius 2 is 1.85 bits per heavy atom. The molecule has 0 radical (unpaired) electrons. The Kier molecular flexibility index (Phi) is 5.03. The van der Waals surface area contributed by atoms with Gasteiger partial charge in [-0.2, -0.15) is 0 Å². The molecule has 3 rings (SSSR count). The molecule has 0 spiro atoms. The first-order valence-electron chi connectivity index (χ1n) is 7.85. The van der Waals surface area contributed by atoms with Gasteiger partial charge in [0.25, 0.3) is 0 Å². The molecule has 7 heteroatoms. The molecule has 2 aromatic carbocycles. The lowest BCUT2D eigenvalue weighted by Gasteiger charge is -2.29. The minimum atomic E-state index is -0.569. The van der Waals surface area contributed by atoms with Crippen LogP contribution in [0.3, 0.4) is 0 Å². The standard InChI is InChI=1S/C19H18Cl2N2O3/c1-23(2)11-5-7-13-15(9-11)26-18(22)17(19(24)25-3)16(13)12-6-4-10(20)8-14(12)21/h4-9,16H,22H2,1-3H3. The van der Waals surface area contributed by atoms with Crippen LogP contribution < -0.4 is 15.4 Å². The Balaban J connectivity index is 2.24. The molecular weight excluding hydrogens is 375 g/mol. The highest BCUT2D eigenvalue weighted by molar-refractivity contribution is 6.35. The highest BCUT2D eigenvalue weighted by atomic mass is 35.5. The van der Waals surface area contributed by atoms with Gasteiger partial charge in [-0.3, -0.25) is 0 Å². The number of anilines is 1. The lowest BCUT2D eigenvalue weighted by Crippen LogP contribution is -2.27. The van der Waals surface area contributed by atoms with E-state index in [1.165, 1.54) is 7.11 Å². The van der Waals surface area contributed by atoms with Crippen LogP contribution in [0.5, 0.6) is 5.75 Å². The van der Waals surface area contributed by atoms with Gasteiger partial charge in [0.2, 0.25) is 5.88 Å². The van der Waals surface area contributed by atoms with Crippen molar-refractivity contribution in [3.8, 4) is 5.75 Å². The maximum atomic E-state index is 12.4. The molecule has 0 amide bonds. The highest BCUT2D eigenvalue weighted by Gasteiger charge is 2.36. The third-order valence-electron chi connectivity index (χ3n) is 4.28. The van der Waals surface area contributed by atoms with Crippen molar-refractivity contribution < 1.29 is 14.3 Å². The second-order valence-corrected chi connectivity index (χ2v) is 6.93. The van der Waals surface area contributed by atoms with Gasteiger partial charge in [0.05, 0.1) is 13.0 Å². The van der Waals surface area contributed by atoms with E-state index in [1.807, 2.05) is 37.2 Å². The molecule has 136 valence electrons. The molecule has 26 heavy (non-hydrogen) atoms. The summed E-state index contributed by atoms with van der Waals surface area (Å²) < 4.78 is 10.7. The molecule has 1 atom stereocenters. The van der Waals surface area contributed by atoms with Crippen molar-refractivity contribution >= 4 is 34.9 Å². The molecule has 2 aromatic rings. The number of hydrogen-bond acceptors (Lipinski definition) is 5. The monoisotopic (exact) mass is 392 g/mol. The predicted octanol–water partition coefficient (Wildman–Crippen LogP) is 3.93. The average molecular weight is 393 g/mol. The summed E-state index contributed by atoms with van der Waals surface area (Å²) in [5.74, 6) is -0.526. The van der Waals surface area contributed by atoms with Crippen LogP contribution in [0.1, 0.15) is 17.0 Å². The Morgan fingerprint density at radius 3 is 2.46 bits per heavy atom. The van der Waals surface area contributed by atoms with Crippen molar-refractivity contribution in [1.29, 1.82) is 0 Å². The molecule has 0 saturated heterocycles. The molecule has 0 aromatic heterocycles. The fraction of sp³-hybridized carbons (Fsp3) is 0.211. The normalized spacial score (nSPS) is 16.0. The number of carbonyl (C=O) groups is 1. The molecule has 0 aliphatic carbocycles. The van der Waals surface area contributed by atoms with Crippen LogP contribution in [-0.2, 0) is 9.53 Å². The number of benzene rings is 2. The summed E-state index contributed by atoms with van der Waals surface area (Å²) in [6.45, 7) is 0. The van der Waals surface area contributed by atoms with Crippen molar-refractivity contribution in [2.75, 3.05) is 26.1 Å². The zero-order chi connectivity index (χ0) is 19.0. The molecular formula is C19H18Cl2N2O3. The first-order valence-corrected chi connectivity index (χ1v) is 8.61. The number of hydrogen-bond donors (Lipinski definition) is 1. The summed E-state index contributed by atoms with van der Waals surface area (Å²) in [6.07, 6.45) is 0. The second kappa shape index (κ2) is 7.09. The van der Waals surface area contributed by atoms with Gasteiger partial charge in [-0.05, 0) is 23.8 Å². The summed E-state index contributed by atoms with van der Waals surface area (Å²) in [6, 6.07) is 10.8. The highest BCUT2D eigenvalue weighted by Crippen LogP contribution is 2.46. The van der Waals surface area contributed by atoms with E-state index in [1.54, 1.807) is 18.2 Å². The van der Waals surface area contributed by atoms with Gasteiger partial charge >= 0.3 is 5.97 Å². The number of nitrogens with zero attached hydrogens (tertiary/aromatic N) is 1. The largest absolute Gasteiger partial charge is 0.465 e. The smallest absolute Gasteiger partial charge is 0.340 e. The van der Waals surface area contributed by atoms with Crippen molar-refractivity contribution in [2.45, 2.75) is 5.92 Å². The Labute approximate surface area is 161 Å². The molecule has 1 aliphatic rings. The molecule has 2 N–H and O–H groups in total. The van der Waals surface area contributed by atoms with Gasteiger partial charge in [0, 0.05) is 41.5 Å². The van der Waals surface area contributed by atoms with E-state index >= 15 is 0 Å². The fourth-order valence-electron chi connectivity index (χ4n) is 2.99. The molecule has 0 bridgehead atoms. The van der Waals surface area contributed by atoms with E-state index < -0.39 is 11.9 Å². The van der Waals surface area contributed by atoms with Crippen molar-refractivity contribution in [3.05, 3.63) is 69.0 Å². The number of carbonyl (C=O) groups excluding carboxylic acids is 1. The van der Waals surface area contributed by atoms with Crippen LogP contribution >= 0.6 is 23.2 Å². The Bertz CT molecular complexity index is 910. The molecule has 1 aliphatic heterocycles. The number of esters is 1. The zero-order valence-corrected chi connectivity index (χ0v) is 16.1. The number of rotatable bonds is 3. The minimum absolute atomic E-state index is 0.00345. The summed E-state index contributed by atoms with van der Waals surface area (Å²) in [4.78, 5) is 14.4. The summed E-state index contributed by atoms with van der Waals surface area (Å²) in [7, 11) is 5.15. The van der Waals surface area contributed by atoms with Crippen LogP contribution in [0, 0.1) is 0 Å². The Hall–Kier alpha value is -2.37. The van der Waals surface area contributed by atoms with Crippen molar-refractivity contribution in [1.82, 2.24) is 0 Å². The maximum Gasteiger partial charge on any atom is 0.340 e. The van der Waals surface area contributed by atoms with Crippen LogP contribution in [-0.4, -0.2) is 27.2 Å². The maximum absolute atomic E-state index is 12.4. The number of ether oxygens (including phenoxy) is 2. The van der Waals surface area contributed by atoms with Gasteiger partial charge < -0.3 is 20.1 Å². The van der Waals surface area contributed by atoms with Crippen molar-refractivity contribution in [3.63, 3.8) is 0 Å². The van der Waals surface area contributed by atoms with Gasteiger partial charge in [-0.25, -0.2) is 4.79 Å². The van der Waals surface area contributed by atoms with Gasteiger partial charge in [-0.1, -0.05) is 35.3 Å². The van der Waals surface area contributed by atoms with E-state index in [-0.39, 0.29) is 11.5 Å². The van der Waals surface area contributed by atoms with E-state index in [2.05, 4.69) is 0 Å². The summed E-state index contributed by atoms with van der Waals surface area (Å²) in [5.41, 5.74) is 8.70. The zero-order valence-electron chi connectivity index (χ0n) is 14.5. The average Bonchev–Trinajstić information content (AvgIpc) is 2.59. The first kappa shape index (κ1) is 18.4. The predicted molar refractivity (Wildman–Crippen MR) is 103 cm³/mol. The molecule has 1 heterocycles. The minimum Gasteiger partial charge on any atom is -0.465 e. The first-order chi connectivity index (χ1) is 12.3. The van der Waals surface area contributed by atoms with E-state index in [0.717, 1.165) is 11.3 Å². The summed E-state index contributed by atoms with van der Waals surface area (Å²) in [5, 5.41) is 0.937. The third kappa shape index (κ3) is 3.20. The topological polar surface area (TPSA) is 64.8 Å². The molecule has 5 nitrogen and oxygen atoms in total. The van der Waals surface area contributed by atoms with Crippen LogP contribution in [0.4, 0.5) is 5.69 Å². The summed E-state index contributed by atoms with van der Waals surface area (Å²) >= 11 is 12.4. The van der Waals surface area contributed by atoms with Crippen molar-refractivity contribution in [2.24, 2.45) is 5.73 Å². The number of nitrogens with two attached hydrogens (primary N) is 1. The lowest BCUT2D eigenvalue weighted by atomic mass is 9.83. The molecule has 1 unspecified atom stereocenters. The van der Waals surface area contributed by atoms with Gasteiger partial charge in [0.1, 0.15) is 11.3 Å². The Morgan fingerprint density at radius 1 is 1.15 bits per heavy atom. The van der Waals surface area contributed by atoms with E-state index in [9.17, 15) is 4.79 Å². The van der Waals surface area contributed by atoms with E-state index in [4.69, 9.17) is 38.4 Å². The quantitative estimate of drug-likeness (QED) is 0.801. The van der Waals surface area contributed by atoms with Gasteiger partial charge in [0.15, 0.2) is 0 Å². The SMILES string of the molecule is COC(=O)C1=C(N)Oc2cc(N(C)C)ccc2C1c1ccc(Cl)cc1Cl. The van der Waals surface area contributed by atoms with Gasteiger partial charge in [-0.15, -0.1) is 0 Å². The third-order valence-corrected chi connectivity index (χ3v) is 4.84. The van der Waals surface area contributed by atoms with E-state index in [0.29, 0.717) is 21.4 Å². The molecule has 0 fully saturated rings. The van der Waals surface area contributed by atoms with Crippen LogP contribution in [0.2, 0.25) is 10.0 Å². The molecule has 0 saturated carbocycles. The second-order valence-electron chi connectivity index (χ2n) is 6.09. The van der Waals surface area contributed by atoms with Crippen LogP contribution in [0.15, 0.2) is 47.9 Å². The van der Waals surface area contributed by atoms with Crippen LogP contribution in [0.25, 0.3) is 0 Å². The lowest BCUT2D eigenvalue weighted by molar-refractivity contribution is -0.136. The number of methoxy groups -OCH3 is 1.